The van der Waals surface area contributed by atoms with E-state index >= 15 is 0 Å². The molecule has 0 N–H and O–H groups in total. The topological polar surface area (TPSA) is 34.6 Å². The van der Waals surface area contributed by atoms with Crippen LogP contribution in [0.1, 0.15) is 0 Å². The molecular weight excluding hydrogens is 330 g/mol. The number of hydrogen-bond donors (Lipinski definition) is 0. The van der Waals surface area contributed by atoms with E-state index < -0.39 is 0 Å². The van der Waals surface area contributed by atoms with Gasteiger partial charge in [-0.15, -0.1) is 0 Å². The monoisotopic (exact) mass is 337 g/mol. The number of pyridine rings is 1. The van der Waals surface area contributed by atoms with Crippen molar-refractivity contribution in [2.24, 2.45) is 0 Å². The Morgan fingerprint density at radius 1 is 0.905 bits per heavy atom. The second-order valence-corrected chi connectivity index (χ2v) is 5.85. The van der Waals surface area contributed by atoms with Gasteiger partial charge in [-0.3, -0.25) is 9.20 Å². The van der Waals surface area contributed by atoms with E-state index in [0.29, 0.717) is 10.1 Å². The predicted octanol–water partition coefficient (Wildman–Crippen LogP) is 4.55. The van der Waals surface area contributed by atoms with Gasteiger partial charge in [-0.1, -0.05) is 36.4 Å². The van der Waals surface area contributed by atoms with Crippen LogP contribution in [0.25, 0.3) is 38.2 Å². The molecule has 0 saturated heterocycles. The van der Waals surface area contributed by atoms with Crippen LogP contribution in [-0.2, 0) is 0 Å². The Morgan fingerprint density at radius 3 is 2.38 bits per heavy atom. The average Bonchev–Trinajstić information content (AvgIpc) is 3.03. The Morgan fingerprint density at radius 2 is 1.57 bits per heavy atom. The van der Waals surface area contributed by atoms with Crippen molar-refractivity contribution in [1.82, 2.24) is 4.40 Å². The molecule has 0 radical (unpaired) electrons. The molecule has 0 amide bonds. The first kappa shape index (κ1) is 11.3. The minimum atomic E-state index is -0.00222. The van der Waals surface area contributed by atoms with Gasteiger partial charge in [-0.05, 0) is 28.1 Å². The van der Waals surface area contributed by atoms with E-state index in [4.69, 9.17) is 4.42 Å². The molecule has 0 fully saturated rings. The van der Waals surface area contributed by atoms with Gasteiger partial charge >= 0.3 is 0 Å². The number of para-hydroxylation sites is 1. The highest BCUT2D eigenvalue weighted by Gasteiger charge is 2.22. The number of fused-ring (bicyclic) bond motifs is 5. The maximum atomic E-state index is 12.9. The van der Waals surface area contributed by atoms with Gasteiger partial charge in [0.15, 0.2) is 10.3 Å². The number of furan rings is 1. The summed E-state index contributed by atoms with van der Waals surface area (Å²) in [5, 5.41) is 3.52. The van der Waals surface area contributed by atoms with E-state index in [2.05, 4.69) is 15.9 Å². The quantitative estimate of drug-likeness (QED) is 0.415. The summed E-state index contributed by atoms with van der Waals surface area (Å²) in [6.45, 7) is 0. The van der Waals surface area contributed by atoms with Crippen LogP contribution >= 0.6 is 15.9 Å². The lowest BCUT2D eigenvalue weighted by molar-refractivity contribution is 0.594. The van der Waals surface area contributed by atoms with Crippen molar-refractivity contribution >= 4 is 54.1 Å². The molecule has 3 heterocycles. The summed E-state index contributed by atoms with van der Waals surface area (Å²) in [6.07, 6.45) is 0. The predicted molar refractivity (Wildman–Crippen MR) is 87.3 cm³/mol. The lowest BCUT2D eigenvalue weighted by atomic mass is 10.1. The third-order valence-electron chi connectivity index (χ3n) is 4.08. The molecule has 21 heavy (non-hydrogen) atoms. The Balaban J connectivity index is 2.33. The summed E-state index contributed by atoms with van der Waals surface area (Å²) in [5.74, 6) is 0. The zero-order valence-corrected chi connectivity index (χ0v) is 12.3. The molecule has 0 atom stereocenters. The van der Waals surface area contributed by atoms with Crippen molar-refractivity contribution < 1.29 is 4.42 Å². The Kier molecular flexibility index (Phi) is 1.97. The van der Waals surface area contributed by atoms with E-state index in [0.717, 1.165) is 32.8 Å². The number of nitrogens with zero attached hydrogens (tertiary/aromatic N) is 1. The largest absolute Gasteiger partial charge is 0.446 e. The molecular formula is C17H8BrNO2. The van der Waals surface area contributed by atoms with Crippen LogP contribution in [0.2, 0.25) is 0 Å². The maximum Gasteiger partial charge on any atom is 0.263 e. The summed E-state index contributed by atoms with van der Waals surface area (Å²) in [4.78, 5) is 12.9. The van der Waals surface area contributed by atoms with Crippen molar-refractivity contribution in [3.8, 4) is 0 Å². The molecule has 100 valence electrons. The van der Waals surface area contributed by atoms with Gasteiger partial charge in [-0.2, -0.15) is 0 Å². The first-order valence-corrected chi connectivity index (χ1v) is 7.42. The minimum absolute atomic E-state index is 0.00222. The highest BCUT2D eigenvalue weighted by atomic mass is 79.9. The van der Waals surface area contributed by atoms with Crippen molar-refractivity contribution in [2.45, 2.75) is 0 Å². The van der Waals surface area contributed by atoms with Gasteiger partial charge in [0.2, 0.25) is 0 Å². The van der Waals surface area contributed by atoms with Gasteiger partial charge in [0.25, 0.3) is 5.56 Å². The SMILES string of the molecule is O=c1c2ccccc2c2oc(Br)c3c4ccccc4n1c23. The number of halogens is 1. The van der Waals surface area contributed by atoms with E-state index in [9.17, 15) is 4.79 Å². The highest BCUT2D eigenvalue weighted by Crippen LogP contribution is 2.40. The zero-order chi connectivity index (χ0) is 14.1. The molecule has 0 bridgehead atoms. The molecule has 4 heteroatoms. The summed E-state index contributed by atoms with van der Waals surface area (Å²) >= 11 is 3.50. The number of aromatic nitrogens is 1. The smallest absolute Gasteiger partial charge is 0.263 e. The number of rotatable bonds is 0. The van der Waals surface area contributed by atoms with Crippen molar-refractivity contribution in [3.05, 3.63) is 63.6 Å². The summed E-state index contributed by atoms with van der Waals surface area (Å²) in [7, 11) is 0. The van der Waals surface area contributed by atoms with Gasteiger partial charge in [0.05, 0.1) is 16.3 Å². The summed E-state index contributed by atoms with van der Waals surface area (Å²) in [6, 6.07) is 15.5. The lowest BCUT2D eigenvalue weighted by Crippen LogP contribution is -2.12. The fraction of sp³-hybridized carbons (Fsp3) is 0. The van der Waals surface area contributed by atoms with Crippen molar-refractivity contribution in [1.29, 1.82) is 0 Å². The molecule has 0 aliphatic rings. The van der Waals surface area contributed by atoms with Crippen molar-refractivity contribution in [3.63, 3.8) is 0 Å². The van der Waals surface area contributed by atoms with E-state index in [1.807, 2.05) is 48.5 Å². The molecule has 5 rings (SSSR count). The molecule has 0 aliphatic carbocycles. The second-order valence-electron chi connectivity index (χ2n) is 5.13. The fourth-order valence-corrected chi connectivity index (χ4v) is 3.79. The van der Waals surface area contributed by atoms with Gasteiger partial charge in [-0.25, -0.2) is 0 Å². The van der Waals surface area contributed by atoms with Gasteiger partial charge in [0.1, 0.15) is 5.52 Å². The molecule has 0 saturated carbocycles. The van der Waals surface area contributed by atoms with Gasteiger partial charge < -0.3 is 4.42 Å². The number of hydrogen-bond acceptors (Lipinski definition) is 2. The molecule has 0 unspecified atom stereocenters. The third-order valence-corrected chi connectivity index (χ3v) is 4.64. The van der Waals surface area contributed by atoms with Crippen LogP contribution in [-0.4, -0.2) is 4.40 Å². The standard InChI is InChI=1S/C17H8BrNO2/c18-16-13-11-7-3-4-8-12(11)19-14(13)15(21-16)9-5-1-2-6-10(9)17(19)20/h1-8H. The Labute approximate surface area is 126 Å². The molecule has 0 aliphatic heterocycles. The highest BCUT2D eigenvalue weighted by molar-refractivity contribution is 9.10. The Bertz CT molecular complexity index is 1220. The summed E-state index contributed by atoms with van der Waals surface area (Å²) < 4.78 is 8.35. The normalized spacial score (nSPS) is 12.2. The summed E-state index contributed by atoms with van der Waals surface area (Å²) in [5.41, 5.74) is 2.52. The molecule has 3 nitrogen and oxygen atoms in total. The Hall–Kier alpha value is -2.33. The van der Waals surface area contributed by atoms with Crippen LogP contribution in [0.5, 0.6) is 0 Å². The molecule has 0 spiro atoms. The van der Waals surface area contributed by atoms with Crippen LogP contribution in [0.3, 0.4) is 0 Å². The minimum Gasteiger partial charge on any atom is -0.446 e. The van der Waals surface area contributed by atoms with Gasteiger partial charge in [0, 0.05) is 10.8 Å². The zero-order valence-electron chi connectivity index (χ0n) is 10.8. The van der Waals surface area contributed by atoms with E-state index in [1.54, 1.807) is 4.40 Å². The third kappa shape index (κ3) is 1.22. The molecule has 3 aromatic heterocycles. The van der Waals surface area contributed by atoms with Crippen LogP contribution in [0.4, 0.5) is 0 Å². The van der Waals surface area contributed by atoms with Crippen molar-refractivity contribution in [2.75, 3.05) is 0 Å². The van der Waals surface area contributed by atoms with Crippen LogP contribution in [0.15, 0.2) is 62.4 Å². The van der Waals surface area contributed by atoms with Crippen LogP contribution in [0, 0.1) is 0 Å². The first-order valence-electron chi connectivity index (χ1n) is 6.63. The number of benzene rings is 2. The second kappa shape index (κ2) is 3.65. The maximum absolute atomic E-state index is 12.9. The average molecular weight is 338 g/mol. The lowest BCUT2D eigenvalue weighted by Gasteiger charge is -2.01. The van der Waals surface area contributed by atoms with E-state index in [1.165, 1.54) is 0 Å². The first-order chi connectivity index (χ1) is 10.3. The fourth-order valence-electron chi connectivity index (χ4n) is 3.22. The van der Waals surface area contributed by atoms with Crippen LogP contribution < -0.4 is 5.56 Å². The van der Waals surface area contributed by atoms with E-state index in [-0.39, 0.29) is 5.56 Å². The molecule has 2 aromatic carbocycles. The molecule has 5 aromatic rings.